The molecule has 478 valence electrons. The maximum absolute atomic E-state index is 12.9. The summed E-state index contributed by atoms with van der Waals surface area (Å²) in [6, 6.07) is 0. The van der Waals surface area contributed by atoms with E-state index in [2.05, 4.69) is 74.6 Å². The van der Waals surface area contributed by atoms with Crippen molar-refractivity contribution in [3.05, 3.63) is 60.8 Å². The Morgan fingerprint density at radius 2 is 0.659 bits per heavy atom. The predicted octanol–water partition coefficient (Wildman–Crippen LogP) is 21.5. The van der Waals surface area contributed by atoms with Crippen LogP contribution < -0.4 is 0 Å². The number of hydrogen-bond donors (Lipinski definition) is 1. The van der Waals surface area contributed by atoms with Crippen molar-refractivity contribution in [3.8, 4) is 0 Å². The number of aliphatic carboxylic acids is 1. The molecule has 0 saturated carbocycles. The molecule has 0 spiro atoms. The summed E-state index contributed by atoms with van der Waals surface area (Å²) in [4.78, 5) is 37.5. The minimum atomic E-state index is -1.51. The van der Waals surface area contributed by atoms with Gasteiger partial charge in [-0.1, -0.05) is 293 Å². The van der Waals surface area contributed by atoms with E-state index in [1.807, 2.05) is 21.1 Å². The standard InChI is InChI=1S/C73H133NO8/c1-6-8-10-12-14-16-18-20-22-24-26-27-28-29-30-31-32-33-34-35-36-37-38-39-40-41-42-43-44-45-46-48-50-52-54-56-58-60-62-64-71(76)82-69(68-81-73(72(77)78)79-66-65-74(3,4)5)67-80-70(75)63-61-59-57-55-53-51-49-47-25-23-21-19-17-15-13-11-9-7-2/h17-20,23-26,28-29,69,73H,6-16,21-22,27,30-68H2,1-5H3/p+1/b19-17-,20-18-,25-23-,26-24-,29-28-. The molecule has 0 heterocycles. The molecule has 0 bridgehead atoms. The molecule has 0 aliphatic rings. The lowest BCUT2D eigenvalue weighted by atomic mass is 10.0. The average molecular weight is 1150 g/mol. The van der Waals surface area contributed by atoms with Crippen molar-refractivity contribution in [2.24, 2.45) is 0 Å². The zero-order valence-corrected chi connectivity index (χ0v) is 54.7. The molecule has 0 rings (SSSR count). The summed E-state index contributed by atoms with van der Waals surface area (Å²) < 4.78 is 22.9. The van der Waals surface area contributed by atoms with Crippen LogP contribution in [0.25, 0.3) is 0 Å². The van der Waals surface area contributed by atoms with Gasteiger partial charge in [0, 0.05) is 12.8 Å². The number of quaternary nitrogens is 1. The number of carboxylic acid groups (broad SMARTS) is 1. The van der Waals surface area contributed by atoms with Crippen molar-refractivity contribution in [2.75, 3.05) is 47.5 Å². The van der Waals surface area contributed by atoms with E-state index >= 15 is 0 Å². The Morgan fingerprint density at radius 3 is 0.988 bits per heavy atom. The molecule has 0 saturated heterocycles. The summed E-state index contributed by atoms with van der Waals surface area (Å²) in [6.45, 7) is 4.88. The molecular formula is C73H134NO8+. The maximum atomic E-state index is 12.9. The number of esters is 2. The van der Waals surface area contributed by atoms with E-state index < -0.39 is 24.3 Å². The second-order valence-corrected chi connectivity index (χ2v) is 24.8. The lowest BCUT2D eigenvalue weighted by molar-refractivity contribution is -0.870. The number of likely N-dealkylation sites (N-methyl/N-ethyl adjacent to an activating group) is 1. The summed E-state index contributed by atoms with van der Waals surface area (Å²) in [5.41, 5.74) is 0. The monoisotopic (exact) mass is 1150 g/mol. The molecule has 0 amide bonds. The van der Waals surface area contributed by atoms with E-state index in [0.717, 1.165) is 70.6 Å². The minimum absolute atomic E-state index is 0.184. The van der Waals surface area contributed by atoms with Crippen LogP contribution in [-0.2, 0) is 33.3 Å². The number of nitrogens with zero attached hydrogens (tertiary/aromatic N) is 1. The Balaban J connectivity index is 3.99. The number of ether oxygens (including phenoxy) is 4. The molecular weight excluding hydrogens is 1020 g/mol. The van der Waals surface area contributed by atoms with Crippen molar-refractivity contribution in [2.45, 2.75) is 341 Å². The lowest BCUT2D eigenvalue weighted by Gasteiger charge is -2.25. The Kier molecular flexibility index (Phi) is 61.6. The number of unbranched alkanes of at least 4 members (excludes halogenated alkanes) is 40. The largest absolute Gasteiger partial charge is 0.477 e. The van der Waals surface area contributed by atoms with Crippen LogP contribution in [0.1, 0.15) is 328 Å². The SMILES string of the molecule is CCCCCC/C=C\C/C=C\CCCCCCCCCC(=O)OCC(COC(OCC[N+](C)(C)C)C(=O)O)OC(=O)CCCCCCCCCCCCCCCCCCCCCCCCCC/C=C\C/C=C\C/C=C\CCCCCCC. The molecule has 82 heavy (non-hydrogen) atoms. The van der Waals surface area contributed by atoms with Crippen LogP contribution in [0.2, 0.25) is 0 Å². The van der Waals surface area contributed by atoms with Gasteiger partial charge < -0.3 is 28.5 Å². The summed E-state index contributed by atoms with van der Waals surface area (Å²) in [6.07, 6.45) is 80.6. The number of carbonyl (C=O) groups excluding carboxylic acids is 2. The molecule has 9 heteroatoms. The summed E-state index contributed by atoms with van der Waals surface area (Å²) in [7, 11) is 5.98. The molecule has 0 fully saturated rings. The van der Waals surface area contributed by atoms with Gasteiger partial charge in [-0.2, -0.15) is 0 Å². The Labute approximate surface area is 507 Å². The molecule has 0 aromatic rings. The Morgan fingerprint density at radius 1 is 0.366 bits per heavy atom. The zero-order valence-electron chi connectivity index (χ0n) is 54.7. The first-order valence-corrected chi connectivity index (χ1v) is 35.0. The average Bonchev–Trinajstić information content (AvgIpc) is 3.47. The van der Waals surface area contributed by atoms with Gasteiger partial charge in [-0.05, 0) is 83.5 Å². The number of hydrogen-bond acceptors (Lipinski definition) is 7. The van der Waals surface area contributed by atoms with Crippen LogP contribution >= 0.6 is 0 Å². The summed E-state index contributed by atoms with van der Waals surface area (Å²) in [5, 5.41) is 9.73. The van der Waals surface area contributed by atoms with Crippen LogP contribution in [-0.4, -0.2) is 87.4 Å². The highest BCUT2D eigenvalue weighted by molar-refractivity contribution is 5.71. The number of allylic oxidation sites excluding steroid dienone is 10. The minimum Gasteiger partial charge on any atom is -0.477 e. The molecule has 9 nitrogen and oxygen atoms in total. The Hall–Kier alpha value is -3.01. The van der Waals surface area contributed by atoms with Gasteiger partial charge in [0.05, 0.1) is 34.4 Å². The van der Waals surface area contributed by atoms with Gasteiger partial charge in [-0.3, -0.25) is 9.59 Å². The first kappa shape index (κ1) is 79.0. The molecule has 0 aliphatic carbocycles. The van der Waals surface area contributed by atoms with Crippen molar-refractivity contribution >= 4 is 17.9 Å². The zero-order chi connectivity index (χ0) is 59.8. The maximum Gasteiger partial charge on any atom is 0.361 e. The van der Waals surface area contributed by atoms with Crippen LogP contribution in [0, 0.1) is 0 Å². The van der Waals surface area contributed by atoms with Crippen molar-refractivity contribution in [1.82, 2.24) is 0 Å². The van der Waals surface area contributed by atoms with E-state index in [-0.39, 0.29) is 32.2 Å². The first-order chi connectivity index (χ1) is 40.1. The quantitative estimate of drug-likeness (QED) is 0.0211. The molecule has 0 aromatic carbocycles. The van der Waals surface area contributed by atoms with Gasteiger partial charge in [0.2, 0.25) is 0 Å². The van der Waals surface area contributed by atoms with Crippen LogP contribution in [0.3, 0.4) is 0 Å². The van der Waals surface area contributed by atoms with Crippen LogP contribution in [0.5, 0.6) is 0 Å². The highest BCUT2D eigenvalue weighted by atomic mass is 16.7. The van der Waals surface area contributed by atoms with E-state index in [9.17, 15) is 19.5 Å². The highest BCUT2D eigenvalue weighted by Crippen LogP contribution is 2.18. The van der Waals surface area contributed by atoms with E-state index in [0.29, 0.717) is 17.4 Å². The summed E-state index contributed by atoms with van der Waals surface area (Å²) in [5.74, 6) is -2.00. The summed E-state index contributed by atoms with van der Waals surface area (Å²) >= 11 is 0. The molecule has 0 aromatic heterocycles. The Bertz CT molecular complexity index is 1530. The van der Waals surface area contributed by atoms with Crippen LogP contribution in [0.15, 0.2) is 60.8 Å². The van der Waals surface area contributed by atoms with Crippen molar-refractivity contribution < 1.29 is 42.9 Å². The van der Waals surface area contributed by atoms with Gasteiger partial charge in [0.1, 0.15) is 13.2 Å². The third-order valence-corrected chi connectivity index (χ3v) is 15.5. The fourth-order valence-electron chi connectivity index (χ4n) is 10.1. The van der Waals surface area contributed by atoms with Crippen molar-refractivity contribution in [1.29, 1.82) is 0 Å². The predicted molar refractivity (Wildman–Crippen MR) is 350 cm³/mol. The lowest BCUT2D eigenvalue weighted by Crippen LogP contribution is -2.40. The number of carbonyl (C=O) groups is 3. The third kappa shape index (κ3) is 64.5. The van der Waals surface area contributed by atoms with Gasteiger partial charge in [-0.25, -0.2) is 4.79 Å². The van der Waals surface area contributed by atoms with Gasteiger partial charge in [0.25, 0.3) is 6.29 Å². The van der Waals surface area contributed by atoms with E-state index in [1.54, 1.807) is 0 Å². The smallest absolute Gasteiger partial charge is 0.361 e. The highest BCUT2D eigenvalue weighted by Gasteiger charge is 2.25. The second kappa shape index (κ2) is 64.0. The molecule has 2 unspecified atom stereocenters. The fourth-order valence-corrected chi connectivity index (χ4v) is 10.1. The molecule has 2 atom stereocenters. The van der Waals surface area contributed by atoms with Gasteiger partial charge in [-0.15, -0.1) is 0 Å². The number of carboxylic acids is 1. The van der Waals surface area contributed by atoms with E-state index in [1.165, 1.54) is 231 Å². The molecule has 0 aliphatic heterocycles. The topological polar surface area (TPSA) is 108 Å². The normalized spacial score (nSPS) is 13.0. The number of rotatable bonds is 65. The first-order valence-electron chi connectivity index (χ1n) is 35.0. The van der Waals surface area contributed by atoms with Gasteiger partial charge >= 0.3 is 17.9 Å². The van der Waals surface area contributed by atoms with Crippen LogP contribution in [0.4, 0.5) is 0 Å². The molecule has 0 radical (unpaired) electrons. The second-order valence-electron chi connectivity index (χ2n) is 24.8. The van der Waals surface area contributed by atoms with E-state index in [4.69, 9.17) is 18.9 Å². The third-order valence-electron chi connectivity index (χ3n) is 15.5. The van der Waals surface area contributed by atoms with Crippen molar-refractivity contribution in [3.63, 3.8) is 0 Å². The molecule has 1 N–H and O–H groups in total. The fraction of sp³-hybridized carbons (Fsp3) is 0.822. The van der Waals surface area contributed by atoms with Gasteiger partial charge in [0.15, 0.2) is 6.10 Å².